The van der Waals surface area contributed by atoms with Crippen molar-refractivity contribution in [2.24, 2.45) is 5.14 Å². The minimum absolute atomic E-state index is 0.0108. The molecule has 0 aromatic heterocycles. The number of nitrogens with one attached hydrogen (secondary N) is 1. The number of rotatable bonds is 5. The summed E-state index contributed by atoms with van der Waals surface area (Å²) in [5.74, 6) is -0.445. The summed E-state index contributed by atoms with van der Waals surface area (Å²) in [6, 6.07) is 7.07. The fraction of sp³-hybridized carbons (Fsp3) is 0.143. The summed E-state index contributed by atoms with van der Waals surface area (Å²) in [7, 11) is -8.15. The van der Waals surface area contributed by atoms with Crippen LogP contribution < -0.4 is 9.86 Å². The average Bonchev–Trinajstić information content (AvgIpc) is 2.46. The van der Waals surface area contributed by atoms with Gasteiger partial charge in [0.2, 0.25) is 10.0 Å². The first-order valence-corrected chi connectivity index (χ1v) is 10.3. The van der Waals surface area contributed by atoms with E-state index in [0.717, 1.165) is 6.07 Å². The van der Waals surface area contributed by atoms with Crippen LogP contribution in [0.4, 0.5) is 18.9 Å². The number of hydrogen-bond acceptors (Lipinski definition) is 4. The maximum absolute atomic E-state index is 12.8. The third-order valence-electron chi connectivity index (χ3n) is 3.12. The Kier molecular flexibility index (Phi) is 5.57. The maximum atomic E-state index is 12.8. The van der Waals surface area contributed by atoms with E-state index in [9.17, 15) is 30.0 Å². The number of sulfonamides is 2. The first-order valence-electron chi connectivity index (χ1n) is 6.77. The molecular formula is C14H12ClF3N2O4S2. The van der Waals surface area contributed by atoms with Crippen LogP contribution in [0.1, 0.15) is 11.1 Å². The summed E-state index contributed by atoms with van der Waals surface area (Å²) < 4.78 is 87.1. The molecule has 2 aromatic carbocycles. The first kappa shape index (κ1) is 20.5. The van der Waals surface area contributed by atoms with E-state index in [4.69, 9.17) is 16.7 Å². The Bertz CT molecular complexity index is 1020. The zero-order valence-corrected chi connectivity index (χ0v) is 15.2. The molecule has 0 saturated heterocycles. The monoisotopic (exact) mass is 428 g/mol. The summed E-state index contributed by atoms with van der Waals surface area (Å²) >= 11 is 5.73. The van der Waals surface area contributed by atoms with Crippen molar-refractivity contribution in [3.63, 3.8) is 0 Å². The fourth-order valence-corrected chi connectivity index (χ4v) is 4.24. The predicted octanol–water partition coefficient (Wildman–Crippen LogP) is 2.95. The number of benzene rings is 2. The molecule has 0 atom stereocenters. The van der Waals surface area contributed by atoms with Gasteiger partial charge in [-0.3, -0.25) is 4.72 Å². The minimum atomic E-state index is -4.73. The summed E-state index contributed by atoms with van der Waals surface area (Å²) in [5.41, 5.74) is -0.838. The summed E-state index contributed by atoms with van der Waals surface area (Å²) in [6.45, 7) is 0. The Balaban J connectivity index is 2.32. The lowest BCUT2D eigenvalue weighted by Crippen LogP contribution is -2.16. The molecule has 0 bridgehead atoms. The lowest BCUT2D eigenvalue weighted by Gasteiger charge is -2.13. The number of alkyl halides is 3. The van der Waals surface area contributed by atoms with Crippen LogP contribution >= 0.6 is 11.6 Å². The number of halogens is 4. The number of nitrogens with two attached hydrogens (primary N) is 1. The molecule has 2 aromatic rings. The highest BCUT2D eigenvalue weighted by Crippen LogP contribution is 2.34. The van der Waals surface area contributed by atoms with Crippen LogP contribution in [0, 0.1) is 0 Å². The zero-order chi connectivity index (χ0) is 19.8. The number of hydrogen-bond donors (Lipinski definition) is 2. The molecule has 3 N–H and O–H groups in total. The van der Waals surface area contributed by atoms with Gasteiger partial charge in [-0.1, -0.05) is 23.7 Å². The van der Waals surface area contributed by atoms with E-state index in [2.05, 4.69) is 4.72 Å². The Labute approximate surface area is 152 Å². The number of primary sulfonamides is 1. The van der Waals surface area contributed by atoms with E-state index in [1.807, 2.05) is 0 Å². The van der Waals surface area contributed by atoms with E-state index in [0.29, 0.717) is 17.7 Å². The molecule has 0 radical (unpaired) electrons. The Hall–Kier alpha value is -1.82. The topological polar surface area (TPSA) is 106 Å². The van der Waals surface area contributed by atoms with Crippen LogP contribution in [-0.4, -0.2) is 16.8 Å². The lowest BCUT2D eigenvalue weighted by molar-refractivity contribution is -0.137. The molecule has 2 rings (SSSR count). The average molecular weight is 429 g/mol. The van der Waals surface area contributed by atoms with Gasteiger partial charge < -0.3 is 0 Å². The van der Waals surface area contributed by atoms with Crippen LogP contribution in [0.2, 0.25) is 5.02 Å². The zero-order valence-electron chi connectivity index (χ0n) is 12.8. The van der Waals surface area contributed by atoms with E-state index in [1.165, 1.54) is 24.3 Å². The van der Waals surface area contributed by atoms with Crippen LogP contribution in [-0.2, 0) is 32.0 Å². The van der Waals surface area contributed by atoms with Crippen molar-refractivity contribution in [2.45, 2.75) is 16.8 Å². The van der Waals surface area contributed by atoms with Crippen LogP contribution in [0.3, 0.4) is 0 Å². The summed E-state index contributed by atoms with van der Waals surface area (Å²) in [6.07, 6.45) is -4.73. The van der Waals surface area contributed by atoms with Crippen LogP contribution in [0.15, 0.2) is 47.4 Å². The van der Waals surface area contributed by atoms with Gasteiger partial charge in [0.05, 0.1) is 16.3 Å². The lowest BCUT2D eigenvalue weighted by atomic mass is 10.2. The molecule has 0 unspecified atom stereocenters. The molecule has 0 aliphatic heterocycles. The van der Waals surface area contributed by atoms with Crippen molar-refractivity contribution in [3.05, 3.63) is 58.6 Å². The van der Waals surface area contributed by atoms with Crippen molar-refractivity contribution >= 4 is 37.3 Å². The third kappa shape index (κ3) is 5.34. The van der Waals surface area contributed by atoms with E-state index in [-0.39, 0.29) is 10.7 Å². The van der Waals surface area contributed by atoms with Gasteiger partial charge in [0.15, 0.2) is 0 Å². The van der Waals surface area contributed by atoms with Crippen molar-refractivity contribution in [1.82, 2.24) is 0 Å². The molecule has 6 nitrogen and oxygen atoms in total. The van der Waals surface area contributed by atoms with Gasteiger partial charge in [-0.25, -0.2) is 22.0 Å². The summed E-state index contributed by atoms with van der Waals surface area (Å²) in [5, 5.41) is 4.52. The van der Waals surface area contributed by atoms with Gasteiger partial charge in [0.1, 0.15) is 4.90 Å². The van der Waals surface area contributed by atoms with Gasteiger partial charge in [0, 0.05) is 5.69 Å². The second-order valence-corrected chi connectivity index (χ2v) is 8.93. The molecule has 26 heavy (non-hydrogen) atoms. The van der Waals surface area contributed by atoms with Gasteiger partial charge in [-0.2, -0.15) is 13.2 Å². The van der Waals surface area contributed by atoms with Gasteiger partial charge >= 0.3 is 6.18 Å². The Morgan fingerprint density at radius 3 is 2.08 bits per heavy atom. The predicted molar refractivity (Wildman–Crippen MR) is 90.5 cm³/mol. The molecule has 12 heteroatoms. The maximum Gasteiger partial charge on any atom is 0.416 e. The molecule has 142 valence electrons. The standard InChI is InChI=1S/C14H12ClF3N2O4S2/c15-12-6-3-10(14(16,17)18)7-13(12)26(23,24)20-11-4-1-9(2-5-11)8-25(19,21)22/h1-7,20H,8H2,(H2,19,21,22). The molecule has 0 heterocycles. The van der Waals surface area contributed by atoms with Crippen molar-refractivity contribution < 1.29 is 30.0 Å². The highest BCUT2D eigenvalue weighted by Gasteiger charge is 2.32. The van der Waals surface area contributed by atoms with E-state index in [1.54, 1.807) is 0 Å². The second kappa shape index (κ2) is 7.06. The van der Waals surface area contributed by atoms with Crippen LogP contribution in [0.25, 0.3) is 0 Å². The van der Waals surface area contributed by atoms with Gasteiger partial charge in [-0.15, -0.1) is 0 Å². The fourth-order valence-electron chi connectivity index (χ4n) is 2.00. The van der Waals surface area contributed by atoms with Crippen LogP contribution in [0.5, 0.6) is 0 Å². The molecule has 0 fully saturated rings. The summed E-state index contributed by atoms with van der Waals surface area (Å²) in [4.78, 5) is -0.734. The highest BCUT2D eigenvalue weighted by atomic mass is 35.5. The third-order valence-corrected chi connectivity index (χ3v) is 5.72. The van der Waals surface area contributed by atoms with Crippen molar-refractivity contribution in [1.29, 1.82) is 0 Å². The molecule has 0 aliphatic carbocycles. The molecule has 0 saturated carbocycles. The number of anilines is 1. The van der Waals surface area contributed by atoms with Crippen molar-refractivity contribution in [2.75, 3.05) is 4.72 Å². The molecule has 0 amide bonds. The van der Waals surface area contributed by atoms with E-state index < -0.39 is 42.4 Å². The van der Waals surface area contributed by atoms with E-state index >= 15 is 0 Å². The molecule has 0 aliphatic rings. The Morgan fingerprint density at radius 1 is 1.00 bits per heavy atom. The largest absolute Gasteiger partial charge is 0.416 e. The smallest absolute Gasteiger partial charge is 0.280 e. The van der Waals surface area contributed by atoms with Gasteiger partial charge in [0.25, 0.3) is 10.0 Å². The SMILES string of the molecule is NS(=O)(=O)Cc1ccc(NS(=O)(=O)c2cc(C(F)(F)F)ccc2Cl)cc1. The molecular weight excluding hydrogens is 417 g/mol. The first-order chi connectivity index (χ1) is 11.8. The van der Waals surface area contributed by atoms with Crippen molar-refractivity contribution in [3.8, 4) is 0 Å². The minimum Gasteiger partial charge on any atom is -0.280 e. The normalized spacial score (nSPS) is 12.8. The molecule has 0 spiro atoms. The second-order valence-electron chi connectivity index (χ2n) is 5.25. The Morgan fingerprint density at radius 2 is 1.58 bits per heavy atom. The quantitative estimate of drug-likeness (QED) is 0.763. The highest BCUT2D eigenvalue weighted by molar-refractivity contribution is 7.92. The van der Waals surface area contributed by atoms with Gasteiger partial charge in [-0.05, 0) is 35.9 Å².